The molecule has 1 aliphatic heterocycles. The minimum atomic E-state index is 0.516. The molecule has 0 spiro atoms. The van der Waals surface area contributed by atoms with E-state index < -0.39 is 0 Å². The Labute approximate surface area is 101 Å². The number of hydrogen-bond acceptors (Lipinski definition) is 4. The van der Waals surface area contributed by atoms with Crippen LogP contribution in [0.1, 0.15) is 19.3 Å². The van der Waals surface area contributed by atoms with E-state index in [4.69, 9.17) is 11.6 Å². The predicted octanol–water partition coefficient (Wildman–Crippen LogP) is 1.71. The Hall–Kier alpha value is -0.870. The summed E-state index contributed by atoms with van der Waals surface area (Å²) in [5.74, 6) is 0.837. The van der Waals surface area contributed by atoms with Crippen molar-refractivity contribution in [1.29, 1.82) is 0 Å². The molecule has 0 saturated carbocycles. The number of halogens is 1. The Kier molecular flexibility index (Phi) is 3.96. The quantitative estimate of drug-likeness (QED) is 0.855. The van der Waals surface area contributed by atoms with E-state index in [1.54, 1.807) is 12.5 Å². The fourth-order valence-electron chi connectivity index (χ4n) is 2.13. The molecule has 1 unspecified atom stereocenters. The first-order chi connectivity index (χ1) is 7.79. The maximum atomic E-state index is 6.10. The molecule has 1 aromatic heterocycles. The highest BCUT2D eigenvalue weighted by Gasteiger charge is 2.19. The third-order valence-corrected chi connectivity index (χ3v) is 3.34. The van der Waals surface area contributed by atoms with Crippen LogP contribution < -0.4 is 10.2 Å². The first-order valence-corrected chi connectivity index (χ1v) is 6.06. The zero-order valence-corrected chi connectivity index (χ0v) is 10.2. The zero-order valence-electron chi connectivity index (χ0n) is 9.49. The van der Waals surface area contributed by atoms with Crippen LogP contribution in [0.3, 0.4) is 0 Å². The third kappa shape index (κ3) is 2.62. The average molecular weight is 241 g/mol. The number of nitrogens with one attached hydrogen (secondary N) is 1. The molecule has 5 heteroatoms. The monoisotopic (exact) mass is 240 g/mol. The largest absolute Gasteiger partial charge is 0.355 e. The van der Waals surface area contributed by atoms with Gasteiger partial charge in [0.1, 0.15) is 11.3 Å². The van der Waals surface area contributed by atoms with Gasteiger partial charge in [-0.3, -0.25) is 0 Å². The minimum Gasteiger partial charge on any atom is -0.355 e. The van der Waals surface area contributed by atoms with E-state index in [-0.39, 0.29) is 0 Å². The van der Waals surface area contributed by atoms with Gasteiger partial charge in [-0.25, -0.2) is 9.97 Å². The molecule has 16 heavy (non-hydrogen) atoms. The van der Waals surface area contributed by atoms with Crippen molar-refractivity contribution in [2.75, 3.05) is 25.0 Å². The highest BCUT2D eigenvalue weighted by Crippen LogP contribution is 2.24. The average Bonchev–Trinajstić information content (AvgIpc) is 2.57. The Morgan fingerprint density at radius 2 is 2.31 bits per heavy atom. The molecular weight excluding hydrogens is 224 g/mol. The van der Waals surface area contributed by atoms with Gasteiger partial charge in [-0.1, -0.05) is 11.6 Å². The molecule has 1 aromatic rings. The number of hydrogen-bond donors (Lipinski definition) is 1. The van der Waals surface area contributed by atoms with E-state index in [2.05, 4.69) is 27.2 Å². The fourth-order valence-corrected chi connectivity index (χ4v) is 2.37. The van der Waals surface area contributed by atoms with Crippen LogP contribution in [0.2, 0.25) is 5.02 Å². The molecule has 0 amide bonds. The smallest absolute Gasteiger partial charge is 0.150 e. The zero-order chi connectivity index (χ0) is 11.4. The summed E-state index contributed by atoms with van der Waals surface area (Å²) in [6.07, 6.45) is 6.72. The van der Waals surface area contributed by atoms with E-state index in [1.807, 2.05) is 0 Å². The van der Waals surface area contributed by atoms with Crippen molar-refractivity contribution in [1.82, 2.24) is 15.3 Å². The van der Waals surface area contributed by atoms with Gasteiger partial charge in [0.15, 0.2) is 5.82 Å². The summed E-state index contributed by atoms with van der Waals surface area (Å²) < 4.78 is 0. The summed E-state index contributed by atoms with van der Waals surface area (Å²) in [7, 11) is 2.06. The van der Waals surface area contributed by atoms with E-state index in [0.717, 1.165) is 25.3 Å². The van der Waals surface area contributed by atoms with E-state index in [1.165, 1.54) is 12.8 Å². The summed E-state index contributed by atoms with van der Waals surface area (Å²) in [4.78, 5) is 10.3. The van der Waals surface area contributed by atoms with Crippen LogP contribution in [-0.2, 0) is 0 Å². The van der Waals surface area contributed by atoms with Gasteiger partial charge in [-0.15, -0.1) is 0 Å². The van der Waals surface area contributed by atoms with Crippen molar-refractivity contribution in [3.8, 4) is 0 Å². The summed E-state index contributed by atoms with van der Waals surface area (Å²) >= 11 is 6.10. The van der Waals surface area contributed by atoms with Gasteiger partial charge in [0.25, 0.3) is 0 Å². The number of nitrogens with zero attached hydrogens (tertiary/aromatic N) is 3. The topological polar surface area (TPSA) is 41.1 Å². The number of anilines is 1. The second-order valence-electron chi connectivity index (χ2n) is 4.14. The standard InChI is InChI=1S/C11H17ClN4/c1-16(9-3-2-5-13-6-4-9)11-10(12)7-14-8-15-11/h7-9,13H,2-6H2,1H3. The van der Waals surface area contributed by atoms with E-state index in [9.17, 15) is 0 Å². The lowest BCUT2D eigenvalue weighted by Gasteiger charge is -2.28. The molecule has 0 aliphatic carbocycles. The van der Waals surface area contributed by atoms with Gasteiger partial charge in [0.2, 0.25) is 0 Å². The van der Waals surface area contributed by atoms with Crippen LogP contribution in [-0.4, -0.2) is 36.1 Å². The molecule has 0 aromatic carbocycles. The lowest BCUT2D eigenvalue weighted by molar-refractivity contribution is 0.562. The molecule has 2 rings (SSSR count). The minimum absolute atomic E-state index is 0.516. The second kappa shape index (κ2) is 5.46. The Balaban J connectivity index is 2.11. The van der Waals surface area contributed by atoms with E-state index in [0.29, 0.717) is 11.1 Å². The van der Waals surface area contributed by atoms with Gasteiger partial charge in [-0.2, -0.15) is 0 Å². The predicted molar refractivity (Wildman–Crippen MR) is 66.0 cm³/mol. The van der Waals surface area contributed by atoms with Crippen LogP contribution in [0, 0.1) is 0 Å². The van der Waals surface area contributed by atoms with E-state index >= 15 is 0 Å². The molecule has 1 aliphatic rings. The number of rotatable bonds is 2. The molecule has 1 N–H and O–H groups in total. The van der Waals surface area contributed by atoms with Crippen LogP contribution in [0.4, 0.5) is 5.82 Å². The Morgan fingerprint density at radius 3 is 3.12 bits per heavy atom. The van der Waals surface area contributed by atoms with Crippen molar-refractivity contribution in [3.63, 3.8) is 0 Å². The van der Waals surface area contributed by atoms with Crippen LogP contribution >= 0.6 is 11.6 Å². The summed E-state index contributed by atoms with van der Waals surface area (Å²) in [6, 6.07) is 0.516. The Bertz CT molecular complexity index is 337. The summed E-state index contributed by atoms with van der Waals surface area (Å²) in [5, 5.41) is 4.03. The normalized spacial score (nSPS) is 21.5. The summed E-state index contributed by atoms with van der Waals surface area (Å²) in [6.45, 7) is 2.18. The SMILES string of the molecule is CN(c1ncncc1Cl)C1CCCNCC1. The lowest BCUT2D eigenvalue weighted by Crippen LogP contribution is -2.33. The van der Waals surface area contributed by atoms with Gasteiger partial charge < -0.3 is 10.2 Å². The molecular formula is C11H17ClN4. The molecule has 1 fully saturated rings. The molecule has 0 radical (unpaired) electrons. The van der Waals surface area contributed by atoms with Crippen molar-refractivity contribution >= 4 is 17.4 Å². The van der Waals surface area contributed by atoms with Crippen molar-refractivity contribution < 1.29 is 0 Å². The van der Waals surface area contributed by atoms with Crippen molar-refractivity contribution in [3.05, 3.63) is 17.5 Å². The molecule has 88 valence electrons. The van der Waals surface area contributed by atoms with Gasteiger partial charge in [0, 0.05) is 13.1 Å². The Morgan fingerprint density at radius 1 is 1.44 bits per heavy atom. The molecule has 1 atom stereocenters. The second-order valence-corrected chi connectivity index (χ2v) is 4.55. The maximum absolute atomic E-state index is 6.10. The first-order valence-electron chi connectivity index (χ1n) is 5.68. The lowest BCUT2D eigenvalue weighted by atomic mass is 10.1. The van der Waals surface area contributed by atoms with Crippen LogP contribution in [0.15, 0.2) is 12.5 Å². The van der Waals surface area contributed by atoms with Crippen LogP contribution in [0.5, 0.6) is 0 Å². The van der Waals surface area contributed by atoms with Crippen molar-refractivity contribution in [2.45, 2.75) is 25.3 Å². The highest BCUT2D eigenvalue weighted by molar-refractivity contribution is 6.32. The molecule has 1 saturated heterocycles. The van der Waals surface area contributed by atoms with Gasteiger partial charge in [0.05, 0.1) is 6.20 Å². The number of aromatic nitrogens is 2. The molecule has 2 heterocycles. The van der Waals surface area contributed by atoms with Gasteiger partial charge >= 0.3 is 0 Å². The fraction of sp³-hybridized carbons (Fsp3) is 0.636. The van der Waals surface area contributed by atoms with Crippen molar-refractivity contribution in [2.24, 2.45) is 0 Å². The highest BCUT2D eigenvalue weighted by atomic mass is 35.5. The third-order valence-electron chi connectivity index (χ3n) is 3.08. The molecule has 0 bridgehead atoms. The first kappa shape index (κ1) is 11.6. The summed E-state index contributed by atoms with van der Waals surface area (Å²) in [5.41, 5.74) is 0. The van der Waals surface area contributed by atoms with Gasteiger partial charge in [-0.05, 0) is 32.4 Å². The van der Waals surface area contributed by atoms with Crippen LogP contribution in [0.25, 0.3) is 0 Å². The molecule has 4 nitrogen and oxygen atoms in total. The maximum Gasteiger partial charge on any atom is 0.150 e.